The Bertz CT molecular complexity index is 567. The molecule has 3 N–H and O–H groups in total. The highest BCUT2D eigenvalue weighted by atomic mass is 16.5. The predicted octanol–water partition coefficient (Wildman–Crippen LogP) is 2.77. The fourth-order valence-corrected chi connectivity index (χ4v) is 1.70. The van der Waals surface area contributed by atoms with E-state index >= 15 is 0 Å². The monoisotopic (exact) mass is 272 g/mol. The van der Waals surface area contributed by atoms with Crippen LogP contribution in [0.2, 0.25) is 0 Å². The zero-order chi connectivity index (χ0) is 14.5. The fraction of sp³-hybridized carbons (Fsp3) is 0.333. The number of hydrogen-bond donors (Lipinski definition) is 2. The van der Waals surface area contributed by atoms with Crippen LogP contribution in [0, 0.1) is 6.92 Å². The van der Waals surface area contributed by atoms with E-state index in [4.69, 9.17) is 10.5 Å². The number of nitrogens with two attached hydrogens (primary N) is 1. The molecule has 2 rings (SSSR count). The maximum absolute atomic E-state index is 5.89. The summed E-state index contributed by atoms with van der Waals surface area (Å²) in [5.74, 6) is 0.694. The lowest BCUT2D eigenvalue weighted by Gasteiger charge is -2.14. The summed E-state index contributed by atoms with van der Waals surface area (Å²) in [5, 5.41) is 3.28. The number of nitrogens with zero attached hydrogens (tertiary/aromatic N) is 2. The maximum atomic E-state index is 5.89. The lowest BCUT2D eigenvalue weighted by molar-refractivity contribution is 0.244. The van der Waals surface area contributed by atoms with Gasteiger partial charge in [0, 0.05) is 18.0 Å². The first-order chi connectivity index (χ1) is 9.54. The Morgan fingerprint density at radius 2 is 2.05 bits per heavy atom. The third kappa shape index (κ3) is 3.85. The molecule has 0 atom stereocenters. The number of rotatable bonds is 5. The van der Waals surface area contributed by atoms with Crippen molar-refractivity contribution in [2.75, 3.05) is 11.1 Å². The van der Waals surface area contributed by atoms with Gasteiger partial charge >= 0.3 is 0 Å². The molecule has 0 saturated heterocycles. The van der Waals surface area contributed by atoms with E-state index < -0.39 is 0 Å². The molecule has 1 aromatic heterocycles. The van der Waals surface area contributed by atoms with Crippen LogP contribution >= 0.6 is 0 Å². The summed E-state index contributed by atoms with van der Waals surface area (Å²) in [6.07, 6.45) is 3.62. The molecular weight excluding hydrogens is 252 g/mol. The molecule has 0 radical (unpaired) electrons. The lowest BCUT2D eigenvalue weighted by atomic mass is 10.2. The molecular formula is C15H20N4O. The van der Waals surface area contributed by atoms with Crippen LogP contribution in [-0.4, -0.2) is 16.1 Å². The average Bonchev–Trinajstić information content (AvgIpc) is 2.41. The Morgan fingerprint density at radius 3 is 2.70 bits per heavy atom. The molecule has 5 heteroatoms. The molecule has 0 fully saturated rings. The number of nitrogens with one attached hydrogen (secondary N) is 1. The summed E-state index contributed by atoms with van der Waals surface area (Å²) < 4.78 is 5.66. The molecule has 0 amide bonds. The van der Waals surface area contributed by atoms with Crippen LogP contribution < -0.4 is 15.8 Å². The van der Waals surface area contributed by atoms with Crippen molar-refractivity contribution in [2.24, 2.45) is 0 Å². The van der Waals surface area contributed by atoms with Gasteiger partial charge in [0.25, 0.3) is 0 Å². The van der Waals surface area contributed by atoms with Gasteiger partial charge < -0.3 is 15.8 Å². The third-order valence-corrected chi connectivity index (χ3v) is 2.68. The quantitative estimate of drug-likeness (QED) is 0.819. The minimum Gasteiger partial charge on any atom is -0.489 e. The maximum Gasteiger partial charge on any atom is 0.144 e. The van der Waals surface area contributed by atoms with E-state index in [2.05, 4.69) is 15.3 Å². The van der Waals surface area contributed by atoms with Gasteiger partial charge in [-0.2, -0.15) is 0 Å². The Hall–Kier alpha value is -2.30. The van der Waals surface area contributed by atoms with Gasteiger partial charge in [-0.1, -0.05) is 0 Å². The van der Waals surface area contributed by atoms with E-state index in [1.54, 1.807) is 12.4 Å². The van der Waals surface area contributed by atoms with Gasteiger partial charge in [0.2, 0.25) is 0 Å². The minimum absolute atomic E-state index is 0.0931. The van der Waals surface area contributed by atoms with E-state index in [0.717, 1.165) is 17.1 Å². The molecule has 2 aromatic rings. The topological polar surface area (TPSA) is 73.1 Å². The van der Waals surface area contributed by atoms with Crippen molar-refractivity contribution in [3.05, 3.63) is 42.0 Å². The standard InChI is InChI=1S/C15H20N4O/c1-10(2)20-15-6-12(4-5-14(15)16)19-9-13-8-17-11(3)7-18-13/h4-8,10,19H,9,16H2,1-3H3. The van der Waals surface area contributed by atoms with Crippen LogP contribution in [0.1, 0.15) is 25.2 Å². The van der Waals surface area contributed by atoms with Gasteiger partial charge in [-0.05, 0) is 32.9 Å². The fourth-order valence-electron chi connectivity index (χ4n) is 1.70. The molecule has 0 unspecified atom stereocenters. The van der Waals surface area contributed by atoms with Crippen molar-refractivity contribution in [1.29, 1.82) is 0 Å². The van der Waals surface area contributed by atoms with Gasteiger partial charge in [0.05, 0.1) is 35.9 Å². The van der Waals surface area contributed by atoms with E-state index in [-0.39, 0.29) is 6.10 Å². The molecule has 106 valence electrons. The molecule has 1 aromatic carbocycles. The van der Waals surface area contributed by atoms with Crippen molar-refractivity contribution in [3.8, 4) is 5.75 Å². The summed E-state index contributed by atoms with van der Waals surface area (Å²) in [6, 6.07) is 5.65. The molecule has 5 nitrogen and oxygen atoms in total. The lowest BCUT2D eigenvalue weighted by Crippen LogP contribution is -2.08. The van der Waals surface area contributed by atoms with Crippen LogP contribution in [0.4, 0.5) is 11.4 Å². The van der Waals surface area contributed by atoms with Crippen molar-refractivity contribution >= 4 is 11.4 Å². The second-order valence-electron chi connectivity index (χ2n) is 4.92. The van der Waals surface area contributed by atoms with Gasteiger partial charge in [0.1, 0.15) is 5.75 Å². The largest absolute Gasteiger partial charge is 0.489 e. The second kappa shape index (κ2) is 6.23. The zero-order valence-corrected chi connectivity index (χ0v) is 12.1. The van der Waals surface area contributed by atoms with E-state index in [0.29, 0.717) is 18.0 Å². The van der Waals surface area contributed by atoms with Crippen LogP contribution in [-0.2, 0) is 6.54 Å². The number of benzene rings is 1. The number of ether oxygens (including phenoxy) is 1. The van der Waals surface area contributed by atoms with Gasteiger partial charge in [-0.15, -0.1) is 0 Å². The highest BCUT2D eigenvalue weighted by Gasteiger charge is 2.05. The predicted molar refractivity (Wildman–Crippen MR) is 80.7 cm³/mol. The molecule has 0 aliphatic carbocycles. The number of aryl methyl sites for hydroxylation is 1. The van der Waals surface area contributed by atoms with Crippen molar-refractivity contribution in [3.63, 3.8) is 0 Å². The number of anilines is 2. The molecule has 20 heavy (non-hydrogen) atoms. The number of hydrogen-bond acceptors (Lipinski definition) is 5. The second-order valence-corrected chi connectivity index (χ2v) is 4.92. The molecule has 0 bridgehead atoms. The van der Waals surface area contributed by atoms with E-state index in [1.165, 1.54) is 0 Å². The summed E-state index contributed by atoms with van der Waals surface area (Å²) >= 11 is 0. The highest BCUT2D eigenvalue weighted by molar-refractivity contribution is 5.61. The zero-order valence-electron chi connectivity index (χ0n) is 12.1. The highest BCUT2D eigenvalue weighted by Crippen LogP contribution is 2.26. The molecule has 0 aliphatic rings. The van der Waals surface area contributed by atoms with Crippen LogP contribution in [0.15, 0.2) is 30.6 Å². The third-order valence-electron chi connectivity index (χ3n) is 2.68. The van der Waals surface area contributed by atoms with Gasteiger partial charge in [-0.3, -0.25) is 9.97 Å². The first-order valence-corrected chi connectivity index (χ1v) is 6.62. The summed E-state index contributed by atoms with van der Waals surface area (Å²) in [5.41, 5.74) is 9.27. The Morgan fingerprint density at radius 1 is 1.25 bits per heavy atom. The van der Waals surface area contributed by atoms with Gasteiger partial charge in [0.15, 0.2) is 0 Å². The van der Waals surface area contributed by atoms with E-state index in [9.17, 15) is 0 Å². The van der Waals surface area contributed by atoms with Crippen LogP contribution in [0.3, 0.4) is 0 Å². The van der Waals surface area contributed by atoms with Crippen LogP contribution in [0.25, 0.3) is 0 Å². The SMILES string of the molecule is Cc1cnc(CNc2ccc(N)c(OC(C)C)c2)cn1. The summed E-state index contributed by atoms with van der Waals surface area (Å²) in [7, 11) is 0. The molecule has 1 heterocycles. The summed E-state index contributed by atoms with van der Waals surface area (Å²) in [4.78, 5) is 8.52. The average molecular weight is 272 g/mol. The van der Waals surface area contributed by atoms with Crippen molar-refractivity contribution in [1.82, 2.24) is 9.97 Å². The Kier molecular flexibility index (Phi) is 4.40. The first-order valence-electron chi connectivity index (χ1n) is 6.62. The van der Waals surface area contributed by atoms with Crippen molar-refractivity contribution in [2.45, 2.75) is 33.4 Å². The minimum atomic E-state index is 0.0931. The Balaban J connectivity index is 2.04. The van der Waals surface area contributed by atoms with E-state index in [1.807, 2.05) is 39.0 Å². The number of nitrogen functional groups attached to an aromatic ring is 1. The molecule has 0 saturated carbocycles. The van der Waals surface area contributed by atoms with Crippen molar-refractivity contribution < 1.29 is 4.74 Å². The summed E-state index contributed by atoms with van der Waals surface area (Å²) in [6.45, 7) is 6.47. The Labute approximate surface area is 119 Å². The normalized spacial score (nSPS) is 10.6. The number of aromatic nitrogens is 2. The molecule has 0 spiro atoms. The molecule has 0 aliphatic heterocycles. The smallest absolute Gasteiger partial charge is 0.144 e. The first kappa shape index (κ1) is 14.1. The van der Waals surface area contributed by atoms with Gasteiger partial charge in [-0.25, -0.2) is 0 Å². The van der Waals surface area contributed by atoms with Crippen LogP contribution in [0.5, 0.6) is 5.75 Å².